The van der Waals surface area contributed by atoms with Gasteiger partial charge in [-0.3, -0.25) is 0 Å². The van der Waals surface area contributed by atoms with Gasteiger partial charge in [-0.2, -0.15) is 10.5 Å². The average molecular weight is 582 g/mol. The first-order valence-corrected chi connectivity index (χ1v) is 15.6. The molecule has 0 atom stereocenters. The summed E-state index contributed by atoms with van der Waals surface area (Å²) in [6, 6.07) is 44.7. The highest BCUT2D eigenvalue weighted by atomic mass is 32.1. The average Bonchev–Trinajstić information content (AvgIpc) is 3.73. The van der Waals surface area contributed by atoms with E-state index < -0.39 is 0 Å². The molecule has 0 aliphatic heterocycles. The summed E-state index contributed by atoms with van der Waals surface area (Å²) in [6.45, 7) is 0. The largest absolute Gasteiger partial charge is 0.309 e. The lowest BCUT2D eigenvalue weighted by molar-refractivity contribution is 1.18. The van der Waals surface area contributed by atoms with Gasteiger partial charge in [0.25, 0.3) is 0 Å². The zero-order valence-corrected chi connectivity index (χ0v) is 24.3. The molecule has 0 radical (unpaired) electrons. The fourth-order valence-electron chi connectivity index (χ4n) is 6.60. The highest BCUT2D eigenvalue weighted by Crippen LogP contribution is 2.46. The zero-order valence-electron chi connectivity index (χ0n) is 22.6. The van der Waals surface area contributed by atoms with Crippen LogP contribution in [0.15, 0.2) is 115 Å². The Balaban J connectivity index is 1.32. The molecule has 0 saturated carbocycles. The van der Waals surface area contributed by atoms with E-state index in [9.17, 15) is 10.5 Å². The maximum Gasteiger partial charge on any atom is 0.0998 e. The maximum absolute atomic E-state index is 10.3. The van der Waals surface area contributed by atoms with Gasteiger partial charge in [-0.25, -0.2) is 0 Å². The molecule has 0 fully saturated rings. The Hall–Kier alpha value is -5.46. The quantitative estimate of drug-likeness (QED) is 0.204. The van der Waals surface area contributed by atoms with Crippen LogP contribution >= 0.6 is 22.7 Å². The molecule has 0 bridgehead atoms. The third-order valence-electron chi connectivity index (χ3n) is 8.48. The van der Waals surface area contributed by atoms with E-state index in [-0.39, 0.29) is 0 Å². The number of hydrogen-bond acceptors (Lipinski definition) is 4. The fourth-order valence-corrected chi connectivity index (χ4v) is 9.10. The first-order valence-electron chi connectivity index (χ1n) is 14.0. The topological polar surface area (TPSA) is 52.5 Å². The van der Waals surface area contributed by atoms with Gasteiger partial charge in [0.15, 0.2) is 0 Å². The molecule has 9 aromatic rings. The van der Waals surface area contributed by atoms with Crippen LogP contribution in [0.4, 0.5) is 0 Å². The lowest BCUT2D eigenvalue weighted by Crippen LogP contribution is -1.99. The van der Waals surface area contributed by atoms with Crippen molar-refractivity contribution in [3.63, 3.8) is 0 Å². The van der Waals surface area contributed by atoms with E-state index >= 15 is 0 Å². The molecule has 198 valence electrons. The monoisotopic (exact) mass is 581 g/mol. The molecule has 9 rings (SSSR count). The van der Waals surface area contributed by atoms with Crippen molar-refractivity contribution in [3.8, 4) is 29.0 Å². The number of hydrogen-bond donors (Lipinski definition) is 0. The van der Waals surface area contributed by atoms with Crippen molar-refractivity contribution in [1.82, 2.24) is 4.57 Å². The third kappa shape index (κ3) is 3.38. The van der Waals surface area contributed by atoms with Crippen molar-refractivity contribution in [2.75, 3.05) is 0 Å². The van der Waals surface area contributed by atoms with Crippen LogP contribution in [0, 0.1) is 22.7 Å². The van der Waals surface area contributed by atoms with Crippen LogP contribution in [0.25, 0.3) is 79.0 Å². The summed E-state index contributed by atoms with van der Waals surface area (Å²) in [6.07, 6.45) is 0. The summed E-state index contributed by atoms with van der Waals surface area (Å²) in [4.78, 5) is 0. The van der Waals surface area contributed by atoms with Crippen molar-refractivity contribution in [3.05, 3.63) is 126 Å². The second-order valence-electron chi connectivity index (χ2n) is 10.7. The van der Waals surface area contributed by atoms with Gasteiger partial charge in [0, 0.05) is 47.3 Å². The molecule has 0 N–H and O–H groups in total. The minimum Gasteiger partial charge on any atom is -0.309 e. The number of aromatic nitrogens is 1. The molecule has 6 aromatic carbocycles. The third-order valence-corrected chi connectivity index (χ3v) is 11.0. The zero-order chi connectivity index (χ0) is 28.7. The molecular weight excluding hydrogens is 563 g/mol. The lowest BCUT2D eigenvalue weighted by atomic mass is 9.96. The minimum absolute atomic E-state index is 0.651. The van der Waals surface area contributed by atoms with Crippen LogP contribution in [0.5, 0.6) is 0 Å². The summed E-state index contributed by atoms with van der Waals surface area (Å²) in [7, 11) is 0. The molecule has 0 amide bonds. The number of nitrogens with zero attached hydrogens (tertiary/aromatic N) is 3. The minimum atomic E-state index is 0.651. The van der Waals surface area contributed by atoms with Gasteiger partial charge in [0.05, 0.1) is 49.4 Å². The summed E-state index contributed by atoms with van der Waals surface area (Å²) in [5.41, 5.74) is 6.53. The lowest BCUT2D eigenvalue weighted by Gasteiger charge is -2.15. The highest BCUT2D eigenvalue weighted by Gasteiger charge is 2.19. The number of fused-ring (bicyclic) bond motifs is 10. The van der Waals surface area contributed by atoms with E-state index in [1.54, 1.807) is 11.3 Å². The van der Waals surface area contributed by atoms with Crippen molar-refractivity contribution < 1.29 is 0 Å². The first-order chi connectivity index (χ1) is 21.2. The summed E-state index contributed by atoms with van der Waals surface area (Å²) >= 11 is 3.60. The normalized spacial score (nSPS) is 11.7. The van der Waals surface area contributed by atoms with Gasteiger partial charge < -0.3 is 4.57 Å². The number of rotatable bonds is 2. The summed E-state index contributed by atoms with van der Waals surface area (Å²) in [5.74, 6) is 0. The Morgan fingerprint density at radius 1 is 0.512 bits per heavy atom. The van der Waals surface area contributed by atoms with E-state index in [2.05, 4.69) is 108 Å². The molecule has 0 saturated heterocycles. The number of thiophene rings is 2. The van der Waals surface area contributed by atoms with E-state index in [1.165, 1.54) is 45.7 Å². The molecule has 3 aromatic heterocycles. The van der Waals surface area contributed by atoms with E-state index in [1.807, 2.05) is 35.6 Å². The van der Waals surface area contributed by atoms with Crippen LogP contribution in [0.3, 0.4) is 0 Å². The van der Waals surface area contributed by atoms with E-state index in [0.717, 1.165) is 33.2 Å². The van der Waals surface area contributed by atoms with Gasteiger partial charge in [0.2, 0.25) is 0 Å². The van der Waals surface area contributed by atoms with Crippen LogP contribution in [0.2, 0.25) is 0 Å². The predicted molar refractivity (Wildman–Crippen MR) is 181 cm³/mol. The molecule has 43 heavy (non-hydrogen) atoms. The van der Waals surface area contributed by atoms with Gasteiger partial charge in [-0.15, -0.1) is 22.7 Å². The van der Waals surface area contributed by atoms with Gasteiger partial charge in [0.1, 0.15) is 0 Å². The number of benzene rings is 6. The van der Waals surface area contributed by atoms with Gasteiger partial charge in [-0.05, 0) is 60.2 Å². The second kappa shape index (κ2) is 9.02. The molecular formula is C38H19N3S2. The SMILES string of the molecule is N#Cc1ccc2sc3c(ccc4c5cc(-c6c(C#N)cccc6-n6c7ccccc7c7ccccc76)ccc5sc43)c2c1. The van der Waals surface area contributed by atoms with Crippen molar-refractivity contribution >= 4 is 84.8 Å². The smallest absolute Gasteiger partial charge is 0.0998 e. The summed E-state index contributed by atoms with van der Waals surface area (Å²) < 4.78 is 7.23. The van der Waals surface area contributed by atoms with Crippen molar-refractivity contribution in [2.24, 2.45) is 0 Å². The second-order valence-corrected chi connectivity index (χ2v) is 12.8. The van der Waals surface area contributed by atoms with E-state index in [4.69, 9.17) is 0 Å². The van der Waals surface area contributed by atoms with Crippen LogP contribution in [-0.2, 0) is 0 Å². The van der Waals surface area contributed by atoms with Gasteiger partial charge in [-0.1, -0.05) is 60.7 Å². The Kier molecular flexibility index (Phi) is 5.07. The number of para-hydroxylation sites is 2. The fraction of sp³-hybridized carbons (Fsp3) is 0. The Labute approximate surface area is 254 Å². The highest BCUT2D eigenvalue weighted by molar-refractivity contribution is 7.33. The Bertz CT molecular complexity index is 2650. The standard InChI is InChI=1S/C38H19N3S2/c39-20-22-12-16-34-29(18-22)27-14-15-28-30-19-23(13-17-35(30)43-38(28)37(27)42-34)36-24(21-40)6-5-11-33(36)41-31-9-3-1-7-25(31)26-8-2-4-10-32(26)41/h1-19H. The molecule has 0 spiro atoms. The van der Waals surface area contributed by atoms with Gasteiger partial charge >= 0.3 is 0 Å². The summed E-state index contributed by atoms with van der Waals surface area (Å²) in [5, 5.41) is 26.9. The Morgan fingerprint density at radius 2 is 1.14 bits per heavy atom. The van der Waals surface area contributed by atoms with Crippen LogP contribution in [0.1, 0.15) is 11.1 Å². The molecule has 3 heterocycles. The molecule has 0 aliphatic carbocycles. The van der Waals surface area contributed by atoms with Crippen molar-refractivity contribution in [1.29, 1.82) is 10.5 Å². The molecule has 3 nitrogen and oxygen atoms in total. The van der Waals surface area contributed by atoms with Crippen molar-refractivity contribution in [2.45, 2.75) is 0 Å². The van der Waals surface area contributed by atoms with E-state index in [0.29, 0.717) is 11.1 Å². The molecule has 0 unspecified atom stereocenters. The predicted octanol–water partition coefficient (Wildman–Crippen LogP) is 10.9. The number of nitriles is 2. The molecule has 0 aliphatic rings. The molecule has 5 heteroatoms. The first kappa shape index (κ1) is 24.2. The van der Waals surface area contributed by atoms with Crippen LogP contribution < -0.4 is 0 Å². The van der Waals surface area contributed by atoms with Crippen LogP contribution in [-0.4, -0.2) is 4.57 Å². The maximum atomic E-state index is 10.3. The Morgan fingerprint density at radius 3 is 1.79 bits per heavy atom.